The Kier molecular flexibility index (Phi) is 3.98. The van der Waals surface area contributed by atoms with Gasteiger partial charge in [-0.25, -0.2) is 9.07 Å². The molecule has 0 atom stereocenters. The van der Waals surface area contributed by atoms with Crippen molar-refractivity contribution in [1.82, 2.24) is 15.0 Å². The number of hydrogen-bond donors (Lipinski definition) is 1. The second-order valence-corrected chi connectivity index (χ2v) is 5.03. The van der Waals surface area contributed by atoms with Crippen molar-refractivity contribution in [3.8, 4) is 16.9 Å². The van der Waals surface area contributed by atoms with E-state index in [1.807, 2.05) is 12.1 Å². The average Bonchev–Trinajstić information content (AvgIpc) is 2.99. The van der Waals surface area contributed by atoms with Gasteiger partial charge in [0, 0.05) is 12.1 Å². The van der Waals surface area contributed by atoms with Crippen LogP contribution in [0.5, 0.6) is 0 Å². The van der Waals surface area contributed by atoms with Gasteiger partial charge in [-0.3, -0.25) is 0 Å². The number of nitrogens with two attached hydrogens (primary N) is 1. The molecule has 112 valence electrons. The van der Waals surface area contributed by atoms with Crippen molar-refractivity contribution in [3.63, 3.8) is 0 Å². The van der Waals surface area contributed by atoms with Crippen LogP contribution < -0.4 is 5.73 Å². The molecule has 0 aliphatic heterocycles. The summed E-state index contributed by atoms with van der Waals surface area (Å²) >= 11 is 0. The molecular formula is C17H17FN4. The predicted octanol–water partition coefficient (Wildman–Crippen LogP) is 3.09. The summed E-state index contributed by atoms with van der Waals surface area (Å²) in [6, 6.07) is 14.4. The molecule has 3 rings (SSSR count). The van der Waals surface area contributed by atoms with Crippen molar-refractivity contribution in [2.45, 2.75) is 19.9 Å². The van der Waals surface area contributed by atoms with Crippen LogP contribution in [-0.4, -0.2) is 15.0 Å². The van der Waals surface area contributed by atoms with Gasteiger partial charge in [0.25, 0.3) is 0 Å². The van der Waals surface area contributed by atoms with Crippen LogP contribution in [0.2, 0.25) is 0 Å². The van der Waals surface area contributed by atoms with E-state index >= 15 is 0 Å². The first-order valence-corrected chi connectivity index (χ1v) is 7.22. The molecule has 0 amide bonds. The van der Waals surface area contributed by atoms with Gasteiger partial charge in [-0.15, -0.1) is 5.10 Å². The third-order valence-corrected chi connectivity index (χ3v) is 3.64. The zero-order valence-corrected chi connectivity index (χ0v) is 12.3. The highest BCUT2D eigenvalue weighted by molar-refractivity contribution is 5.64. The van der Waals surface area contributed by atoms with Crippen LogP contribution in [0.15, 0.2) is 48.5 Å². The highest BCUT2D eigenvalue weighted by Gasteiger charge is 2.15. The van der Waals surface area contributed by atoms with Crippen LogP contribution in [-0.2, 0) is 13.0 Å². The predicted molar refractivity (Wildman–Crippen MR) is 84.0 cm³/mol. The molecule has 0 spiro atoms. The van der Waals surface area contributed by atoms with E-state index in [9.17, 15) is 4.39 Å². The van der Waals surface area contributed by atoms with E-state index < -0.39 is 0 Å². The molecule has 0 bridgehead atoms. The summed E-state index contributed by atoms with van der Waals surface area (Å²) in [4.78, 5) is 0. The lowest BCUT2D eigenvalue weighted by atomic mass is 10.1. The van der Waals surface area contributed by atoms with E-state index in [1.54, 1.807) is 16.8 Å². The SMILES string of the molecule is CCc1ccc(-n2nnc(CN)c2-c2ccc(F)cc2)cc1. The summed E-state index contributed by atoms with van der Waals surface area (Å²) in [6.45, 7) is 2.39. The first-order chi connectivity index (χ1) is 10.7. The van der Waals surface area contributed by atoms with Crippen LogP contribution in [0.4, 0.5) is 4.39 Å². The van der Waals surface area contributed by atoms with Crippen molar-refractivity contribution in [1.29, 1.82) is 0 Å². The monoisotopic (exact) mass is 296 g/mol. The van der Waals surface area contributed by atoms with E-state index in [0.29, 0.717) is 5.69 Å². The molecular weight excluding hydrogens is 279 g/mol. The molecule has 22 heavy (non-hydrogen) atoms. The highest BCUT2D eigenvalue weighted by Crippen LogP contribution is 2.25. The van der Waals surface area contributed by atoms with E-state index in [-0.39, 0.29) is 12.4 Å². The second-order valence-electron chi connectivity index (χ2n) is 5.03. The van der Waals surface area contributed by atoms with Crippen molar-refractivity contribution < 1.29 is 4.39 Å². The minimum atomic E-state index is -0.274. The van der Waals surface area contributed by atoms with Gasteiger partial charge in [0.15, 0.2) is 0 Å². The van der Waals surface area contributed by atoms with E-state index in [4.69, 9.17) is 5.73 Å². The third-order valence-electron chi connectivity index (χ3n) is 3.64. The maximum absolute atomic E-state index is 13.2. The Morgan fingerprint density at radius 2 is 1.73 bits per heavy atom. The van der Waals surface area contributed by atoms with Crippen molar-refractivity contribution in [2.24, 2.45) is 5.73 Å². The first kappa shape index (κ1) is 14.4. The van der Waals surface area contributed by atoms with Gasteiger partial charge in [0.1, 0.15) is 11.5 Å². The molecule has 2 N–H and O–H groups in total. The first-order valence-electron chi connectivity index (χ1n) is 7.22. The quantitative estimate of drug-likeness (QED) is 0.805. The van der Waals surface area contributed by atoms with Gasteiger partial charge < -0.3 is 5.73 Å². The lowest BCUT2D eigenvalue weighted by Gasteiger charge is -2.08. The molecule has 0 aliphatic carbocycles. The Bertz CT molecular complexity index is 760. The second kappa shape index (κ2) is 6.07. The fourth-order valence-electron chi connectivity index (χ4n) is 2.40. The molecule has 2 aromatic carbocycles. The molecule has 0 radical (unpaired) electrons. The number of hydrogen-bond acceptors (Lipinski definition) is 3. The minimum Gasteiger partial charge on any atom is -0.325 e. The Morgan fingerprint density at radius 3 is 2.32 bits per heavy atom. The number of aromatic nitrogens is 3. The normalized spacial score (nSPS) is 10.9. The summed E-state index contributed by atoms with van der Waals surface area (Å²) in [5, 5.41) is 8.35. The van der Waals surface area contributed by atoms with E-state index in [1.165, 1.54) is 17.7 Å². The van der Waals surface area contributed by atoms with Crippen molar-refractivity contribution in [2.75, 3.05) is 0 Å². The Balaban J connectivity index is 2.11. The molecule has 1 heterocycles. The average molecular weight is 296 g/mol. The smallest absolute Gasteiger partial charge is 0.123 e. The minimum absolute atomic E-state index is 0.274. The standard InChI is InChI=1S/C17H17FN4/c1-2-12-3-9-15(10-4-12)22-17(16(11-19)20-21-22)13-5-7-14(18)8-6-13/h3-10H,2,11,19H2,1H3. The molecule has 0 saturated carbocycles. The summed E-state index contributed by atoms with van der Waals surface area (Å²) in [5.41, 5.74) is 10.3. The number of aryl methyl sites for hydroxylation is 1. The van der Waals surface area contributed by atoms with Gasteiger partial charge in [-0.2, -0.15) is 0 Å². The fraction of sp³-hybridized carbons (Fsp3) is 0.176. The zero-order chi connectivity index (χ0) is 15.5. The van der Waals surface area contributed by atoms with Crippen molar-refractivity contribution in [3.05, 3.63) is 65.6 Å². The van der Waals surface area contributed by atoms with Crippen LogP contribution in [0.1, 0.15) is 18.2 Å². The summed E-state index contributed by atoms with van der Waals surface area (Å²) < 4.78 is 14.9. The number of nitrogens with zero attached hydrogens (tertiary/aromatic N) is 3. The Hall–Kier alpha value is -2.53. The number of halogens is 1. The van der Waals surface area contributed by atoms with Crippen LogP contribution >= 0.6 is 0 Å². The van der Waals surface area contributed by atoms with Gasteiger partial charge in [0.2, 0.25) is 0 Å². The van der Waals surface area contributed by atoms with Gasteiger partial charge in [-0.1, -0.05) is 24.3 Å². The van der Waals surface area contributed by atoms with Crippen molar-refractivity contribution >= 4 is 0 Å². The Morgan fingerprint density at radius 1 is 1.05 bits per heavy atom. The van der Waals surface area contributed by atoms with Crippen LogP contribution in [0.25, 0.3) is 16.9 Å². The Labute approximate surface area is 128 Å². The summed E-state index contributed by atoms with van der Waals surface area (Å²) in [7, 11) is 0. The van der Waals surface area contributed by atoms with Gasteiger partial charge in [0.05, 0.1) is 11.4 Å². The van der Waals surface area contributed by atoms with E-state index in [0.717, 1.165) is 23.4 Å². The van der Waals surface area contributed by atoms with Crippen LogP contribution in [0, 0.1) is 5.82 Å². The fourth-order valence-corrected chi connectivity index (χ4v) is 2.40. The highest BCUT2D eigenvalue weighted by atomic mass is 19.1. The molecule has 3 aromatic rings. The molecule has 4 nitrogen and oxygen atoms in total. The van der Waals surface area contributed by atoms with E-state index in [2.05, 4.69) is 29.4 Å². The topological polar surface area (TPSA) is 56.7 Å². The molecule has 5 heteroatoms. The third kappa shape index (κ3) is 2.63. The molecule has 0 fully saturated rings. The van der Waals surface area contributed by atoms with Gasteiger partial charge >= 0.3 is 0 Å². The number of rotatable bonds is 4. The van der Waals surface area contributed by atoms with Gasteiger partial charge in [-0.05, 0) is 48.4 Å². The molecule has 0 aliphatic rings. The lowest BCUT2D eigenvalue weighted by Crippen LogP contribution is -2.02. The zero-order valence-electron chi connectivity index (χ0n) is 12.3. The molecule has 0 saturated heterocycles. The maximum Gasteiger partial charge on any atom is 0.123 e. The largest absolute Gasteiger partial charge is 0.325 e. The number of benzene rings is 2. The van der Waals surface area contributed by atoms with Crippen LogP contribution in [0.3, 0.4) is 0 Å². The summed E-state index contributed by atoms with van der Waals surface area (Å²) in [5.74, 6) is -0.274. The lowest BCUT2D eigenvalue weighted by molar-refractivity contribution is 0.628. The summed E-state index contributed by atoms with van der Waals surface area (Å²) in [6.07, 6.45) is 0.983. The molecule has 0 unspecified atom stereocenters. The maximum atomic E-state index is 13.2. The molecule has 1 aromatic heterocycles.